The van der Waals surface area contributed by atoms with Gasteiger partial charge < -0.3 is 10.4 Å². The zero-order chi connectivity index (χ0) is 15.6. The molecule has 0 aliphatic heterocycles. The second kappa shape index (κ2) is 6.22. The summed E-state index contributed by atoms with van der Waals surface area (Å²) in [6.07, 6.45) is 0. The second-order valence-corrected chi connectivity index (χ2v) is 5.42. The molecule has 2 rings (SSSR count). The fourth-order valence-electron chi connectivity index (χ4n) is 1.83. The predicted molar refractivity (Wildman–Crippen MR) is 79.5 cm³/mol. The standard InChI is InChI=1S/C15H12BrF2NO2/c1-8-2-3-9(11(16)4-8)7-19-14-5-10(15(20)21)12(17)6-13(14)18/h2-6,19H,7H2,1H3,(H,20,21). The maximum Gasteiger partial charge on any atom is 0.338 e. The third-order valence-corrected chi connectivity index (χ3v) is 3.70. The Kier molecular flexibility index (Phi) is 4.57. The molecule has 0 aromatic heterocycles. The van der Waals surface area contributed by atoms with Gasteiger partial charge in [0.2, 0.25) is 0 Å². The lowest BCUT2D eigenvalue weighted by molar-refractivity contribution is 0.0692. The van der Waals surface area contributed by atoms with Crippen molar-refractivity contribution in [3.8, 4) is 0 Å². The van der Waals surface area contributed by atoms with Crippen molar-refractivity contribution in [1.82, 2.24) is 0 Å². The molecule has 0 bridgehead atoms. The number of carboxylic acid groups (broad SMARTS) is 1. The molecule has 0 aliphatic rings. The molecule has 0 atom stereocenters. The van der Waals surface area contributed by atoms with Crippen LogP contribution in [0.15, 0.2) is 34.8 Å². The molecule has 0 saturated carbocycles. The Bertz CT molecular complexity index is 704. The first kappa shape index (κ1) is 15.4. The van der Waals surface area contributed by atoms with E-state index in [-0.39, 0.29) is 12.2 Å². The van der Waals surface area contributed by atoms with E-state index in [0.29, 0.717) is 6.07 Å². The summed E-state index contributed by atoms with van der Waals surface area (Å²) in [4.78, 5) is 10.9. The van der Waals surface area contributed by atoms with E-state index < -0.39 is 23.2 Å². The molecule has 110 valence electrons. The summed E-state index contributed by atoms with van der Waals surface area (Å²) in [5.74, 6) is -3.37. The van der Waals surface area contributed by atoms with Gasteiger partial charge in [0.05, 0.1) is 11.3 Å². The number of benzene rings is 2. The molecule has 0 saturated heterocycles. The molecule has 0 aliphatic carbocycles. The Hall–Kier alpha value is -1.95. The van der Waals surface area contributed by atoms with E-state index in [0.717, 1.165) is 21.7 Å². The van der Waals surface area contributed by atoms with E-state index in [9.17, 15) is 13.6 Å². The monoisotopic (exact) mass is 355 g/mol. The van der Waals surface area contributed by atoms with E-state index in [1.807, 2.05) is 25.1 Å². The van der Waals surface area contributed by atoms with Crippen molar-refractivity contribution in [3.05, 3.63) is 63.1 Å². The molecule has 0 spiro atoms. The average Bonchev–Trinajstić information content (AvgIpc) is 2.39. The Morgan fingerprint density at radius 3 is 2.57 bits per heavy atom. The molecule has 0 fully saturated rings. The van der Waals surface area contributed by atoms with Gasteiger partial charge in [-0.15, -0.1) is 0 Å². The quantitative estimate of drug-likeness (QED) is 0.857. The van der Waals surface area contributed by atoms with Crippen LogP contribution in [0.2, 0.25) is 0 Å². The van der Waals surface area contributed by atoms with Crippen LogP contribution in [0.5, 0.6) is 0 Å². The molecule has 0 heterocycles. The van der Waals surface area contributed by atoms with E-state index in [2.05, 4.69) is 21.2 Å². The third-order valence-electron chi connectivity index (χ3n) is 2.96. The highest BCUT2D eigenvalue weighted by atomic mass is 79.9. The fourth-order valence-corrected chi connectivity index (χ4v) is 2.47. The number of aryl methyl sites for hydroxylation is 1. The van der Waals surface area contributed by atoms with E-state index in [4.69, 9.17) is 5.11 Å². The van der Waals surface area contributed by atoms with Crippen LogP contribution in [-0.4, -0.2) is 11.1 Å². The highest BCUT2D eigenvalue weighted by Crippen LogP contribution is 2.23. The van der Waals surface area contributed by atoms with Crippen molar-refractivity contribution < 1.29 is 18.7 Å². The summed E-state index contributed by atoms with van der Waals surface area (Å²) in [6, 6.07) is 7.21. The molecular formula is C15H12BrF2NO2. The van der Waals surface area contributed by atoms with E-state index in [1.54, 1.807) is 0 Å². The van der Waals surface area contributed by atoms with Gasteiger partial charge in [-0.2, -0.15) is 0 Å². The first-order valence-electron chi connectivity index (χ1n) is 6.09. The van der Waals surface area contributed by atoms with Crippen molar-refractivity contribution >= 4 is 27.6 Å². The molecule has 6 heteroatoms. The van der Waals surface area contributed by atoms with Gasteiger partial charge >= 0.3 is 5.97 Å². The molecule has 0 radical (unpaired) electrons. The highest BCUT2D eigenvalue weighted by molar-refractivity contribution is 9.10. The lowest BCUT2D eigenvalue weighted by atomic mass is 10.1. The second-order valence-electron chi connectivity index (χ2n) is 4.57. The highest BCUT2D eigenvalue weighted by Gasteiger charge is 2.15. The van der Waals surface area contributed by atoms with Crippen LogP contribution in [0.4, 0.5) is 14.5 Å². The van der Waals surface area contributed by atoms with Gasteiger partial charge in [0, 0.05) is 17.1 Å². The molecule has 2 aromatic rings. The van der Waals surface area contributed by atoms with Crippen molar-refractivity contribution in [2.24, 2.45) is 0 Å². The predicted octanol–water partition coefficient (Wildman–Crippen LogP) is 4.35. The van der Waals surface area contributed by atoms with Crippen LogP contribution >= 0.6 is 15.9 Å². The zero-order valence-electron chi connectivity index (χ0n) is 11.1. The molecule has 0 unspecified atom stereocenters. The Morgan fingerprint density at radius 1 is 1.24 bits per heavy atom. The summed E-state index contributed by atoms with van der Waals surface area (Å²) in [6.45, 7) is 2.23. The molecule has 3 nitrogen and oxygen atoms in total. The number of aromatic carboxylic acids is 1. The van der Waals surface area contributed by atoms with E-state index >= 15 is 0 Å². The van der Waals surface area contributed by atoms with Gasteiger partial charge in [-0.25, -0.2) is 13.6 Å². The topological polar surface area (TPSA) is 49.3 Å². The minimum Gasteiger partial charge on any atom is -0.478 e. The maximum absolute atomic E-state index is 13.7. The van der Waals surface area contributed by atoms with Crippen LogP contribution in [0.25, 0.3) is 0 Å². The third kappa shape index (κ3) is 3.58. The Morgan fingerprint density at radius 2 is 1.95 bits per heavy atom. The molecule has 21 heavy (non-hydrogen) atoms. The minimum atomic E-state index is -1.44. The lowest BCUT2D eigenvalue weighted by Gasteiger charge is -2.11. The summed E-state index contributed by atoms with van der Waals surface area (Å²) in [7, 11) is 0. The van der Waals surface area contributed by atoms with Gasteiger partial charge in [0.25, 0.3) is 0 Å². The zero-order valence-corrected chi connectivity index (χ0v) is 12.7. The number of rotatable bonds is 4. The van der Waals surface area contributed by atoms with Gasteiger partial charge in [0.15, 0.2) is 0 Å². The number of halogens is 3. The molecule has 2 aromatic carbocycles. The van der Waals surface area contributed by atoms with Gasteiger partial charge in [-0.1, -0.05) is 28.1 Å². The van der Waals surface area contributed by atoms with Crippen LogP contribution in [0.1, 0.15) is 21.5 Å². The first-order chi connectivity index (χ1) is 9.88. The van der Waals surface area contributed by atoms with Gasteiger partial charge in [0.1, 0.15) is 11.6 Å². The first-order valence-corrected chi connectivity index (χ1v) is 6.89. The maximum atomic E-state index is 13.7. The minimum absolute atomic E-state index is 0.0544. The number of hydrogen-bond acceptors (Lipinski definition) is 2. The molecular weight excluding hydrogens is 344 g/mol. The largest absolute Gasteiger partial charge is 0.478 e. The number of anilines is 1. The average molecular weight is 356 g/mol. The van der Waals surface area contributed by atoms with Crippen molar-refractivity contribution in [2.75, 3.05) is 5.32 Å². The van der Waals surface area contributed by atoms with Crippen molar-refractivity contribution in [1.29, 1.82) is 0 Å². The van der Waals surface area contributed by atoms with Gasteiger partial charge in [-0.3, -0.25) is 0 Å². The van der Waals surface area contributed by atoms with Crippen LogP contribution in [0, 0.1) is 18.6 Å². The lowest BCUT2D eigenvalue weighted by Crippen LogP contribution is -2.07. The van der Waals surface area contributed by atoms with Crippen LogP contribution in [0.3, 0.4) is 0 Å². The summed E-state index contributed by atoms with van der Waals surface area (Å²) in [5, 5.41) is 11.6. The SMILES string of the molecule is Cc1ccc(CNc2cc(C(=O)O)c(F)cc2F)c(Br)c1. The number of nitrogens with one attached hydrogen (secondary N) is 1. The Labute approximate surface area is 128 Å². The molecule has 0 amide bonds. The van der Waals surface area contributed by atoms with E-state index in [1.165, 1.54) is 0 Å². The number of carbonyl (C=O) groups is 1. The summed E-state index contributed by atoms with van der Waals surface area (Å²) < 4.78 is 27.8. The summed E-state index contributed by atoms with van der Waals surface area (Å²) in [5.41, 5.74) is 1.33. The smallest absolute Gasteiger partial charge is 0.338 e. The Balaban J connectivity index is 2.23. The molecule has 2 N–H and O–H groups in total. The van der Waals surface area contributed by atoms with Crippen LogP contribution in [-0.2, 0) is 6.54 Å². The van der Waals surface area contributed by atoms with Crippen molar-refractivity contribution in [2.45, 2.75) is 13.5 Å². The number of carboxylic acids is 1. The van der Waals surface area contributed by atoms with Crippen LogP contribution < -0.4 is 5.32 Å². The fraction of sp³-hybridized carbons (Fsp3) is 0.133. The van der Waals surface area contributed by atoms with Gasteiger partial charge in [-0.05, 0) is 30.2 Å². The number of hydrogen-bond donors (Lipinski definition) is 2. The summed E-state index contributed by atoms with van der Waals surface area (Å²) >= 11 is 3.40. The normalized spacial score (nSPS) is 10.5. The van der Waals surface area contributed by atoms with Crippen molar-refractivity contribution in [3.63, 3.8) is 0 Å².